The predicted octanol–water partition coefficient (Wildman–Crippen LogP) is 4.46. The van der Waals surface area contributed by atoms with Gasteiger partial charge in [-0.15, -0.1) is 0 Å². The third kappa shape index (κ3) is 4.42. The lowest BCUT2D eigenvalue weighted by molar-refractivity contribution is 0.214. The fourth-order valence-electron chi connectivity index (χ4n) is 2.39. The highest BCUT2D eigenvalue weighted by molar-refractivity contribution is 5.47. The van der Waals surface area contributed by atoms with Crippen LogP contribution >= 0.6 is 0 Å². The normalized spacial score (nSPS) is 10.3. The minimum absolute atomic E-state index is 0.354. The van der Waals surface area contributed by atoms with Crippen LogP contribution in [0.4, 0.5) is 0 Å². The Bertz CT molecular complexity index is 732. The number of hydrogen-bond donors (Lipinski definition) is 0. The molecule has 0 spiro atoms. The molecule has 0 N–H and O–H groups in total. The molecule has 0 fully saturated rings. The Labute approximate surface area is 143 Å². The first kappa shape index (κ1) is 17.7. The Hall–Kier alpha value is -2.67. The van der Waals surface area contributed by atoms with E-state index in [4.69, 9.17) is 19.5 Å². The molecule has 0 radical (unpaired) electrons. The van der Waals surface area contributed by atoms with E-state index in [1.54, 1.807) is 25.3 Å². The molecule has 0 saturated heterocycles. The summed E-state index contributed by atoms with van der Waals surface area (Å²) in [5.41, 5.74) is 2.82. The molecule has 4 heteroatoms. The van der Waals surface area contributed by atoms with E-state index in [0.717, 1.165) is 11.3 Å². The van der Waals surface area contributed by atoms with Crippen molar-refractivity contribution in [2.75, 3.05) is 20.3 Å². The largest absolute Gasteiger partial charge is 0.497 e. The molecule has 2 aromatic carbocycles. The van der Waals surface area contributed by atoms with Gasteiger partial charge in [0.05, 0.1) is 12.7 Å². The summed E-state index contributed by atoms with van der Waals surface area (Å²) in [5.74, 6) is 2.45. The van der Waals surface area contributed by atoms with Gasteiger partial charge in [0.25, 0.3) is 0 Å². The van der Waals surface area contributed by atoms with Crippen molar-refractivity contribution in [3.63, 3.8) is 0 Å². The van der Waals surface area contributed by atoms with Crippen molar-refractivity contribution < 1.29 is 14.2 Å². The van der Waals surface area contributed by atoms with Crippen LogP contribution < -0.4 is 14.2 Å². The van der Waals surface area contributed by atoms with Gasteiger partial charge in [0.1, 0.15) is 36.5 Å². The highest BCUT2D eigenvalue weighted by atomic mass is 16.5. The molecular formula is C20H23NO3. The van der Waals surface area contributed by atoms with Crippen LogP contribution in [0, 0.1) is 18.3 Å². The Morgan fingerprint density at radius 2 is 1.71 bits per heavy atom. The van der Waals surface area contributed by atoms with Gasteiger partial charge in [0.15, 0.2) is 0 Å². The Kier molecular flexibility index (Phi) is 6.08. The summed E-state index contributed by atoms with van der Waals surface area (Å²) in [6, 6.07) is 13.5. The highest BCUT2D eigenvalue weighted by Gasteiger charge is 2.09. The molecule has 0 bridgehead atoms. The fraction of sp³-hybridized carbons (Fsp3) is 0.350. The molecule has 126 valence electrons. The zero-order valence-corrected chi connectivity index (χ0v) is 14.6. The van der Waals surface area contributed by atoms with Crippen molar-refractivity contribution in [1.29, 1.82) is 5.26 Å². The monoisotopic (exact) mass is 325 g/mol. The van der Waals surface area contributed by atoms with Gasteiger partial charge < -0.3 is 14.2 Å². The van der Waals surface area contributed by atoms with E-state index in [-0.39, 0.29) is 0 Å². The van der Waals surface area contributed by atoms with Gasteiger partial charge in [-0.2, -0.15) is 5.26 Å². The lowest BCUT2D eigenvalue weighted by atomic mass is 10.0. The standard InChI is InChI=1S/C20H23NO3/c1-14(2)18-8-5-15(3)11-20(18)24-10-9-23-19-12-17(22-4)7-6-16(19)13-21/h5-8,11-12,14H,9-10H2,1-4H3. The fourth-order valence-corrected chi connectivity index (χ4v) is 2.39. The van der Waals surface area contributed by atoms with Crippen molar-refractivity contribution in [2.24, 2.45) is 0 Å². The first-order valence-corrected chi connectivity index (χ1v) is 7.99. The second-order valence-corrected chi connectivity index (χ2v) is 5.87. The van der Waals surface area contributed by atoms with Crippen molar-refractivity contribution in [1.82, 2.24) is 0 Å². The van der Waals surface area contributed by atoms with E-state index in [0.29, 0.717) is 36.2 Å². The molecule has 4 nitrogen and oxygen atoms in total. The van der Waals surface area contributed by atoms with Gasteiger partial charge in [-0.3, -0.25) is 0 Å². The topological polar surface area (TPSA) is 51.5 Å². The van der Waals surface area contributed by atoms with E-state index >= 15 is 0 Å². The molecule has 0 unspecified atom stereocenters. The van der Waals surface area contributed by atoms with E-state index in [1.165, 1.54) is 5.56 Å². The maximum absolute atomic E-state index is 9.14. The zero-order chi connectivity index (χ0) is 17.5. The number of hydrogen-bond acceptors (Lipinski definition) is 4. The third-order valence-electron chi connectivity index (χ3n) is 3.70. The van der Waals surface area contributed by atoms with Crippen molar-refractivity contribution in [3.8, 4) is 23.3 Å². The van der Waals surface area contributed by atoms with Crippen LogP contribution in [-0.4, -0.2) is 20.3 Å². The zero-order valence-electron chi connectivity index (χ0n) is 14.6. The molecule has 0 aliphatic carbocycles. The van der Waals surface area contributed by atoms with E-state index in [9.17, 15) is 0 Å². The average molecular weight is 325 g/mol. The van der Waals surface area contributed by atoms with Crippen molar-refractivity contribution in [2.45, 2.75) is 26.7 Å². The highest BCUT2D eigenvalue weighted by Crippen LogP contribution is 2.28. The molecule has 0 saturated carbocycles. The van der Waals surface area contributed by atoms with Gasteiger partial charge in [-0.1, -0.05) is 26.0 Å². The quantitative estimate of drug-likeness (QED) is 0.705. The van der Waals surface area contributed by atoms with Crippen molar-refractivity contribution >= 4 is 0 Å². The molecule has 24 heavy (non-hydrogen) atoms. The first-order valence-electron chi connectivity index (χ1n) is 7.99. The number of methoxy groups -OCH3 is 1. The summed E-state index contributed by atoms with van der Waals surface area (Å²) in [6.45, 7) is 7.09. The maximum Gasteiger partial charge on any atom is 0.140 e. The van der Waals surface area contributed by atoms with Crippen LogP contribution in [0.5, 0.6) is 17.2 Å². The van der Waals surface area contributed by atoms with Crippen LogP contribution in [0.3, 0.4) is 0 Å². The van der Waals surface area contributed by atoms with Crippen LogP contribution in [0.2, 0.25) is 0 Å². The van der Waals surface area contributed by atoms with E-state index in [1.807, 2.05) is 13.0 Å². The number of nitriles is 1. The molecule has 0 atom stereocenters. The molecule has 0 heterocycles. The van der Waals surface area contributed by atoms with Crippen LogP contribution in [0.1, 0.15) is 36.5 Å². The maximum atomic E-state index is 9.14. The number of benzene rings is 2. The number of ether oxygens (including phenoxy) is 3. The molecule has 2 aromatic rings. The lowest BCUT2D eigenvalue weighted by Gasteiger charge is -2.15. The summed E-state index contributed by atoms with van der Waals surface area (Å²) in [7, 11) is 1.58. The van der Waals surface area contributed by atoms with Crippen LogP contribution in [-0.2, 0) is 0 Å². The number of rotatable bonds is 7. The van der Waals surface area contributed by atoms with Gasteiger partial charge in [0.2, 0.25) is 0 Å². The smallest absolute Gasteiger partial charge is 0.140 e. The molecule has 0 aliphatic heterocycles. The summed E-state index contributed by atoms with van der Waals surface area (Å²) >= 11 is 0. The summed E-state index contributed by atoms with van der Waals surface area (Å²) in [5, 5.41) is 9.14. The minimum atomic E-state index is 0.354. The second kappa shape index (κ2) is 8.26. The summed E-state index contributed by atoms with van der Waals surface area (Å²) in [4.78, 5) is 0. The van der Waals surface area contributed by atoms with Gasteiger partial charge in [0, 0.05) is 6.07 Å². The Morgan fingerprint density at radius 3 is 2.33 bits per heavy atom. The predicted molar refractivity (Wildman–Crippen MR) is 94.0 cm³/mol. The van der Waals surface area contributed by atoms with Crippen molar-refractivity contribution in [3.05, 3.63) is 53.1 Å². The van der Waals surface area contributed by atoms with E-state index in [2.05, 4.69) is 32.0 Å². The Morgan fingerprint density at radius 1 is 1.00 bits per heavy atom. The number of nitrogens with zero attached hydrogens (tertiary/aromatic N) is 1. The summed E-state index contributed by atoms with van der Waals surface area (Å²) in [6.07, 6.45) is 0. The molecule has 0 aromatic heterocycles. The third-order valence-corrected chi connectivity index (χ3v) is 3.70. The second-order valence-electron chi connectivity index (χ2n) is 5.87. The molecule has 0 aliphatic rings. The molecular weight excluding hydrogens is 302 g/mol. The Balaban J connectivity index is 1.99. The van der Waals surface area contributed by atoms with Gasteiger partial charge in [-0.05, 0) is 42.2 Å². The van der Waals surface area contributed by atoms with Crippen LogP contribution in [0.25, 0.3) is 0 Å². The van der Waals surface area contributed by atoms with Crippen LogP contribution in [0.15, 0.2) is 36.4 Å². The average Bonchev–Trinajstić information content (AvgIpc) is 2.58. The molecule has 2 rings (SSSR count). The lowest BCUT2D eigenvalue weighted by Crippen LogP contribution is -2.11. The van der Waals surface area contributed by atoms with Gasteiger partial charge >= 0.3 is 0 Å². The molecule has 0 amide bonds. The first-order chi connectivity index (χ1) is 11.5. The summed E-state index contributed by atoms with van der Waals surface area (Å²) < 4.78 is 16.8. The SMILES string of the molecule is COc1ccc(C#N)c(OCCOc2cc(C)ccc2C(C)C)c1. The van der Waals surface area contributed by atoms with Gasteiger partial charge in [-0.25, -0.2) is 0 Å². The van der Waals surface area contributed by atoms with E-state index < -0.39 is 0 Å². The minimum Gasteiger partial charge on any atom is -0.497 e. The number of aryl methyl sites for hydroxylation is 1.